The van der Waals surface area contributed by atoms with Crippen molar-refractivity contribution < 1.29 is 8.42 Å². The van der Waals surface area contributed by atoms with Crippen molar-refractivity contribution >= 4 is 21.2 Å². The molecule has 0 atom stereocenters. The Morgan fingerprint density at radius 3 is 2.52 bits per heavy atom. The van der Waals surface area contributed by atoms with E-state index >= 15 is 0 Å². The van der Waals surface area contributed by atoms with Gasteiger partial charge in [-0.05, 0) is 53.7 Å². The van der Waals surface area contributed by atoms with Gasteiger partial charge in [-0.2, -0.15) is 16.6 Å². The van der Waals surface area contributed by atoms with Gasteiger partial charge in [-0.15, -0.1) is 0 Å². The molecule has 0 aliphatic heterocycles. The third kappa shape index (κ3) is 4.39. The zero-order chi connectivity index (χ0) is 15.3. The zero-order valence-corrected chi connectivity index (χ0v) is 13.3. The molecule has 0 aliphatic rings. The van der Waals surface area contributed by atoms with E-state index in [2.05, 4.69) is 5.38 Å². The third-order valence-electron chi connectivity index (χ3n) is 3.12. The Bertz CT molecular complexity index is 714. The summed E-state index contributed by atoms with van der Waals surface area (Å²) in [7, 11) is -1.40. The van der Waals surface area contributed by atoms with E-state index in [1.54, 1.807) is 11.3 Å². The van der Waals surface area contributed by atoms with Crippen LogP contribution in [-0.4, -0.2) is 32.7 Å². The smallest absolute Gasteiger partial charge is 0.179 e. The second-order valence-electron chi connectivity index (χ2n) is 4.82. The minimum Gasteiger partial charge on any atom is -0.301 e. The van der Waals surface area contributed by atoms with Crippen LogP contribution in [0.4, 0.5) is 0 Å². The van der Waals surface area contributed by atoms with Gasteiger partial charge in [0.15, 0.2) is 9.84 Å². The highest BCUT2D eigenvalue weighted by molar-refractivity contribution is 7.91. The Morgan fingerprint density at radius 2 is 1.95 bits per heavy atom. The zero-order valence-electron chi connectivity index (χ0n) is 11.7. The summed E-state index contributed by atoms with van der Waals surface area (Å²) in [4.78, 5) is 2.26. The number of nitrogens with zero attached hydrogens (tertiary/aromatic N) is 2. The predicted molar refractivity (Wildman–Crippen MR) is 83.9 cm³/mol. The summed E-state index contributed by atoms with van der Waals surface area (Å²) in [5.74, 6) is 0.0690. The molecule has 4 nitrogen and oxygen atoms in total. The predicted octanol–water partition coefficient (Wildman–Crippen LogP) is 2.53. The van der Waals surface area contributed by atoms with Crippen LogP contribution in [0.1, 0.15) is 11.1 Å². The van der Waals surface area contributed by atoms with Gasteiger partial charge in [-0.3, -0.25) is 0 Å². The van der Waals surface area contributed by atoms with Gasteiger partial charge >= 0.3 is 0 Å². The molecule has 110 valence electrons. The maximum absolute atomic E-state index is 12.2. The molecule has 1 aromatic carbocycles. The van der Waals surface area contributed by atoms with Gasteiger partial charge in [-0.1, -0.05) is 0 Å². The molecular formula is C15H16N2O2S2. The molecule has 0 spiro atoms. The lowest BCUT2D eigenvalue weighted by Gasteiger charge is -2.15. The Hall–Kier alpha value is -1.68. The van der Waals surface area contributed by atoms with Crippen molar-refractivity contribution in [3.05, 3.63) is 52.2 Å². The van der Waals surface area contributed by atoms with Crippen LogP contribution in [0.3, 0.4) is 0 Å². The molecule has 2 rings (SSSR count). The molecule has 0 N–H and O–H groups in total. The topological polar surface area (TPSA) is 61.2 Å². The van der Waals surface area contributed by atoms with Crippen molar-refractivity contribution in [1.82, 2.24) is 4.90 Å². The van der Waals surface area contributed by atoms with Crippen molar-refractivity contribution in [2.45, 2.75) is 11.4 Å². The SMILES string of the molecule is CN(CCS(=O)(=O)c1ccc(C#N)cc1)Cc1ccsc1. The Balaban J connectivity index is 1.95. The molecule has 0 saturated carbocycles. The molecule has 0 aliphatic carbocycles. The van der Waals surface area contributed by atoms with Gasteiger partial charge < -0.3 is 4.90 Å². The first-order valence-corrected chi connectivity index (χ1v) is 9.03. The molecule has 2 aromatic rings. The van der Waals surface area contributed by atoms with E-state index in [0.29, 0.717) is 12.1 Å². The first-order chi connectivity index (χ1) is 10.0. The highest BCUT2D eigenvalue weighted by atomic mass is 32.2. The Kier molecular flexibility index (Phi) is 5.12. The number of hydrogen-bond acceptors (Lipinski definition) is 5. The lowest BCUT2D eigenvalue weighted by molar-refractivity contribution is 0.346. The summed E-state index contributed by atoms with van der Waals surface area (Å²) >= 11 is 1.63. The van der Waals surface area contributed by atoms with Crippen LogP contribution in [-0.2, 0) is 16.4 Å². The van der Waals surface area contributed by atoms with Gasteiger partial charge in [-0.25, -0.2) is 8.42 Å². The monoisotopic (exact) mass is 320 g/mol. The molecule has 0 radical (unpaired) electrons. The highest BCUT2D eigenvalue weighted by Gasteiger charge is 2.15. The first kappa shape index (κ1) is 15.7. The fraction of sp³-hybridized carbons (Fsp3) is 0.267. The summed E-state index contributed by atoms with van der Waals surface area (Å²) in [6.45, 7) is 1.21. The number of hydrogen-bond donors (Lipinski definition) is 0. The largest absolute Gasteiger partial charge is 0.301 e. The minimum absolute atomic E-state index is 0.0690. The summed E-state index contributed by atoms with van der Waals surface area (Å²) in [5, 5.41) is 12.8. The quantitative estimate of drug-likeness (QED) is 0.820. The van der Waals surface area contributed by atoms with Crippen LogP contribution in [0.5, 0.6) is 0 Å². The summed E-state index contributed by atoms with van der Waals surface area (Å²) in [6.07, 6.45) is 0. The third-order valence-corrected chi connectivity index (χ3v) is 5.56. The molecule has 0 bridgehead atoms. The second kappa shape index (κ2) is 6.85. The van der Waals surface area contributed by atoms with Gasteiger partial charge in [0.05, 0.1) is 22.3 Å². The molecule has 1 aromatic heterocycles. The van der Waals surface area contributed by atoms with Crippen LogP contribution < -0.4 is 0 Å². The van der Waals surface area contributed by atoms with Crippen LogP contribution in [0.15, 0.2) is 46.0 Å². The van der Waals surface area contributed by atoms with Gasteiger partial charge in [0, 0.05) is 13.1 Å². The van der Waals surface area contributed by atoms with E-state index in [1.807, 2.05) is 29.5 Å². The van der Waals surface area contributed by atoms with Crippen molar-refractivity contribution in [2.24, 2.45) is 0 Å². The molecule has 6 heteroatoms. The number of nitriles is 1. The standard InChI is InChI=1S/C15H16N2O2S2/c1-17(11-14-6-8-20-12-14)7-9-21(18,19)15-4-2-13(10-16)3-5-15/h2-6,8,12H,7,9,11H2,1H3. The molecule has 0 amide bonds. The summed E-state index contributed by atoms with van der Waals surface area (Å²) in [6, 6.07) is 10.1. The molecule has 1 heterocycles. The van der Waals surface area contributed by atoms with Crippen molar-refractivity contribution in [3.63, 3.8) is 0 Å². The van der Waals surface area contributed by atoms with E-state index in [9.17, 15) is 8.42 Å². The van der Waals surface area contributed by atoms with E-state index in [0.717, 1.165) is 6.54 Å². The van der Waals surface area contributed by atoms with Crippen LogP contribution in [0, 0.1) is 11.3 Å². The number of benzene rings is 1. The van der Waals surface area contributed by atoms with Gasteiger partial charge in [0.25, 0.3) is 0 Å². The summed E-state index contributed by atoms with van der Waals surface area (Å²) < 4.78 is 24.5. The molecule has 0 saturated heterocycles. The van der Waals surface area contributed by atoms with E-state index in [-0.39, 0.29) is 10.6 Å². The molecular weight excluding hydrogens is 304 g/mol. The molecule has 0 fully saturated rings. The summed E-state index contributed by atoms with van der Waals surface area (Å²) in [5.41, 5.74) is 1.65. The van der Waals surface area contributed by atoms with Crippen LogP contribution in [0.25, 0.3) is 0 Å². The van der Waals surface area contributed by atoms with Crippen molar-refractivity contribution in [2.75, 3.05) is 19.3 Å². The van der Waals surface area contributed by atoms with Crippen molar-refractivity contribution in [3.8, 4) is 6.07 Å². The Labute approximate surface area is 129 Å². The second-order valence-corrected chi connectivity index (χ2v) is 7.71. The average molecular weight is 320 g/mol. The highest BCUT2D eigenvalue weighted by Crippen LogP contribution is 2.13. The maximum Gasteiger partial charge on any atom is 0.179 e. The van der Waals surface area contributed by atoms with Crippen molar-refractivity contribution in [1.29, 1.82) is 5.26 Å². The van der Waals surface area contributed by atoms with E-state index in [1.165, 1.54) is 29.8 Å². The fourth-order valence-electron chi connectivity index (χ4n) is 1.90. The van der Waals surface area contributed by atoms with E-state index in [4.69, 9.17) is 5.26 Å². The Morgan fingerprint density at radius 1 is 1.24 bits per heavy atom. The first-order valence-electron chi connectivity index (χ1n) is 6.44. The maximum atomic E-state index is 12.2. The minimum atomic E-state index is -3.31. The number of sulfone groups is 1. The normalized spacial score (nSPS) is 11.5. The average Bonchev–Trinajstić information content (AvgIpc) is 2.98. The van der Waals surface area contributed by atoms with Gasteiger partial charge in [0.2, 0.25) is 0 Å². The van der Waals surface area contributed by atoms with Crippen LogP contribution >= 0.6 is 11.3 Å². The molecule has 0 unspecified atom stereocenters. The van der Waals surface area contributed by atoms with E-state index < -0.39 is 9.84 Å². The lowest BCUT2D eigenvalue weighted by Crippen LogP contribution is -2.25. The molecule has 21 heavy (non-hydrogen) atoms. The fourth-order valence-corrected chi connectivity index (χ4v) is 3.90. The number of thiophene rings is 1. The lowest BCUT2D eigenvalue weighted by atomic mass is 10.2. The van der Waals surface area contributed by atoms with Crippen LogP contribution in [0.2, 0.25) is 0 Å². The van der Waals surface area contributed by atoms with Gasteiger partial charge in [0.1, 0.15) is 0 Å². The number of rotatable bonds is 6.